The predicted molar refractivity (Wildman–Crippen MR) is 72.7 cm³/mol. The van der Waals surface area contributed by atoms with Gasteiger partial charge in [-0.1, -0.05) is 34.6 Å². The summed E-state index contributed by atoms with van der Waals surface area (Å²) >= 11 is 0. The zero-order valence-electron chi connectivity index (χ0n) is 12.9. The SMILES string of the molecule is CC(C(=O)OC1C2OC(=O)C3CC1(C)CC32)C(C)(C)C. The Bertz CT molecular complexity index is 464. The second kappa shape index (κ2) is 3.99. The van der Waals surface area contributed by atoms with E-state index in [1.807, 2.05) is 27.7 Å². The Morgan fingerprint density at radius 1 is 1.40 bits per heavy atom. The lowest BCUT2D eigenvalue weighted by Crippen LogP contribution is -2.43. The zero-order valence-corrected chi connectivity index (χ0v) is 12.9. The maximum Gasteiger partial charge on any atom is 0.309 e. The van der Waals surface area contributed by atoms with Crippen molar-refractivity contribution >= 4 is 11.9 Å². The molecule has 3 aliphatic rings. The van der Waals surface area contributed by atoms with Gasteiger partial charge in [-0.15, -0.1) is 0 Å². The second-order valence-electron chi connectivity index (χ2n) is 8.18. The second-order valence-corrected chi connectivity index (χ2v) is 8.18. The summed E-state index contributed by atoms with van der Waals surface area (Å²) in [6, 6.07) is 0. The normalized spacial score (nSPS) is 43.5. The number of hydrogen-bond donors (Lipinski definition) is 0. The molecule has 4 heteroatoms. The summed E-state index contributed by atoms with van der Waals surface area (Å²) in [6.07, 6.45) is 1.28. The van der Waals surface area contributed by atoms with Crippen LogP contribution < -0.4 is 0 Å². The highest BCUT2D eigenvalue weighted by Crippen LogP contribution is 2.62. The van der Waals surface area contributed by atoms with Gasteiger partial charge in [-0.25, -0.2) is 0 Å². The lowest BCUT2D eigenvalue weighted by molar-refractivity contribution is -0.172. The topological polar surface area (TPSA) is 52.6 Å². The molecule has 6 unspecified atom stereocenters. The molecule has 3 rings (SSSR count). The van der Waals surface area contributed by atoms with Crippen molar-refractivity contribution in [1.82, 2.24) is 0 Å². The van der Waals surface area contributed by atoms with Crippen LogP contribution in [0.1, 0.15) is 47.5 Å². The van der Waals surface area contributed by atoms with Crippen LogP contribution in [0, 0.1) is 28.6 Å². The molecule has 0 aromatic rings. The summed E-state index contributed by atoms with van der Waals surface area (Å²) in [5.74, 6) is -0.129. The highest BCUT2D eigenvalue weighted by molar-refractivity contribution is 5.78. The van der Waals surface area contributed by atoms with Gasteiger partial charge in [-0.3, -0.25) is 9.59 Å². The van der Waals surface area contributed by atoms with Crippen LogP contribution in [0.15, 0.2) is 0 Å². The first-order valence-corrected chi connectivity index (χ1v) is 7.54. The first-order valence-electron chi connectivity index (χ1n) is 7.54. The molecule has 0 aromatic carbocycles. The van der Waals surface area contributed by atoms with Crippen molar-refractivity contribution < 1.29 is 19.1 Å². The quantitative estimate of drug-likeness (QED) is 0.729. The third kappa shape index (κ3) is 1.80. The van der Waals surface area contributed by atoms with Crippen molar-refractivity contribution in [2.24, 2.45) is 28.6 Å². The molecule has 3 fully saturated rings. The molecule has 4 nitrogen and oxygen atoms in total. The lowest BCUT2D eigenvalue weighted by Gasteiger charge is -2.35. The fourth-order valence-electron chi connectivity index (χ4n) is 4.04. The van der Waals surface area contributed by atoms with Crippen molar-refractivity contribution in [2.45, 2.75) is 59.7 Å². The Kier molecular flexibility index (Phi) is 2.77. The fourth-order valence-corrected chi connectivity index (χ4v) is 4.04. The molecule has 1 heterocycles. The van der Waals surface area contributed by atoms with E-state index in [2.05, 4.69) is 6.92 Å². The minimum atomic E-state index is -0.257. The summed E-state index contributed by atoms with van der Waals surface area (Å²) in [7, 11) is 0. The Hall–Kier alpha value is -1.06. The molecule has 0 amide bonds. The molecule has 112 valence electrons. The first kappa shape index (κ1) is 13.9. The molecule has 2 bridgehead atoms. The van der Waals surface area contributed by atoms with Gasteiger partial charge in [0, 0.05) is 11.3 Å². The Balaban J connectivity index is 1.76. The van der Waals surface area contributed by atoms with Gasteiger partial charge in [0.15, 0.2) is 0 Å². The van der Waals surface area contributed by atoms with E-state index in [1.165, 1.54) is 0 Å². The molecule has 6 atom stereocenters. The number of ether oxygens (including phenoxy) is 2. The third-order valence-electron chi connectivity index (χ3n) is 5.76. The van der Waals surface area contributed by atoms with Crippen LogP contribution in [-0.2, 0) is 19.1 Å². The molecule has 2 aliphatic carbocycles. The third-order valence-corrected chi connectivity index (χ3v) is 5.76. The van der Waals surface area contributed by atoms with Gasteiger partial charge in [0.25, 0.3) is 0 Å². The van der Waals surface area contributed by atoms with Gasteiger partial charge in [-0.2, -0.15) is 0 Å². The number of fused-ring (bicyclic) bond motifs is 1. The Labute approximate surface area is 120 Å². The number of carbonyl (C=O) groups excluding carboxylic acids is 2. The summed E-state index contributed by atoms with van der Waals surface area (Å²) in [5.41, 5.74) is -0.204. The average molecular weight is 280 g/mol. The monoisotopic (exact) mass is 280 g/mol. The zero-order chi connectivity index (χ0) is 14.9. The van der Waals surface area contributed by atoms with E-state index in [1.54, 1.807) is 0 Å². The minimum Gasteiger partial charge on any atom is -0.458 e. The highest BCUT2D eigenvalue weighted by Gasteiger charge is 2.68. The van der Waals surface area contributed by atoms with E-state index in [9.17, 15) is 9.59 Å². The van der Waals surface area contributed by atoms with Gasteiger partial charge in [0.1, 0.15) is 12.2 Å². The van der Waals surface area contributed by atoms with E-state index < -0.39 is 0 Å². The molecule has 20 heavy (non-hydrogen) atoms. The van der Waals surface area contributed by atoms with Gasteiger partial charge in [0.05, 0.1) is 11.8 Å². The first-order chi connectivity index (χ1) is 9.13. The number of hydrogen-bond acceptors (Lipinski definition) is 4. The molecule has 0 N–H and O–H groups in total. The minimum absolute atomic E-state index is 0.0417. The number of esters is 2. The van der Waals surface area contributed by atoms with Crippen molar-refractivity contribution in [3.8, 4) is 0 Å². The van der Waals surface area contributed by atoms with Crippen LogP contribution in [0.25, 0.3) is 0 Å². The largest absolute Gasteiger partial charge is 0.458 e. The maximum absolute atomic E-state index is 12.4. The fraction of sp³-hybridized carbons (Fsp3) is 0.875. The lowest BCUT2D eigenvalue weighted by atomic mass is 9.78. The molecule has 0 spiro atoms. The van der Waals surface area contributed by atoms with Crippen LogP contribution in [0.5, 0.6) is 0 Å². The van der Waals surface area contributed by atoms with Crippen LogP contribution in [0.3, 0.4) is 0 Å². The molecular formula is C16H24O4. The Morgan fingerprint density at radius 3 is 2.65 bits per heavy atom. The van der Waals surface area contributed by atoms with E-state index >= 15 is 0 Å². The van der Waals surface area contributed by atoms with Crippen molar-refractivity contribution in [3.05, 3.63) is 0 Å². The molecule has 0 radical (unpaired) electrons. The molecule has 1 aliphatic heterocycles. The summed E-state index contributed by atoms with van der Waals surface area (Å²) in [5, 5.41) is 0. The van der Waals surface area contributed by atoms with Crippen molar-refractivity contribution in [1.29, 1.82) is 0 Å². The summed E-state index contributed by atoms with van der Waals surface area (Å²) in [6.45, 7) is 10.1. The summed E-state index contributed by atoms with van der Waals surface area (Å²) < 4.78 is 11.3. The van der Waals surface area contributed by atoms with Gasteiger partial charge < -0.3 is 9.47 Å². The summed E-state index contributed by atoms with van der Waals surface area (Å²) in [4.78, 5) is 24.2. The van der Waals surface area contributed by atoms with Crippen LogP contribution in [0.4, 0.5) is 0 Å². The van der Waals surface area contributed by atoms with Gasteiger partial charge in [0.2, 0.25) is 0 Å². The maximum atomic E-state index is 12.4. The van der Waals surface area contributed by atoms with E-state index in [0.29, 0.717) is 0 Å². The molecular weight excluding hydrogens is 256 g/mol. The van der Waals surface area contributed by atoms with Crippen LogP contribution in [-0.4, -0.2) is 24.1 Å². The van der Waals surface area contributed by atoms with Crippen LogP contribution in [0.2, 0.25) is 0 Å². The predicted octanol–water partition coefficient (Wildman–Crippen LogP) is 2.55. The van der Waals surface area contributed by atoms with E-state index in [-0.39, 0.29) is 52.7 Å². The standard InChI is InChI=1S/C16H24O4/c1-8(15(2,3)4)13(17)20-12-11-9-6-16(12,5)7-10(9)14(18)19-11/h8-12H,6-7H2,1-5H3. The van der Waals surface area contributed by atoms with Gasteiger partial charge in [-0.05, 0) is 18.3 Å². The Morgan fingerprint density at radius 2 is 2.05 bits per heavy atom. The smallest absolute Gasteiger partial charge is 0.309 e. The number of carbonyl (C=O) groups is 2. The van der Waals surface area contributed by atoms with Crippen LogP contribution >= 0.6 is 0 Å². The van der Waals surface area contributed by atoms with Gasteiger partial charge >= 0.3 is 11.9 Å². The van der Waals surface area contributed by atoms with Crippen molar-refractivity contribution in [3.63, 3.8) is 0 Å². The van der Waals surface area contributed by atoms with E-state index in [4.69, 9.17) is 9.47 Å². The molecule has 1 saturated heterocycles. The van der Waals surface area contributed by atoms with Crippen molar-refractivity contribution in [2.75, 3.05) is 0 Å². The highest BCUT2D eigenvalue weighted by atomic mass is 16.6. The molecule has 0 aromatic heterocycles. The average Bonchev–Trinajstić information content (AvgIpc) is 2.86. The molecule has 2 saturated carbocycles. The number of rotatable bonds is 2. The van der Waals surface area contributed by atoms with E-state index in [0.717, 1.165) is 12.8 Å².